The number of hydrogen-bond donors (Lipinski definition) is 1. The second kappa shape index (κ2) is 9.73. The van der Waals surface area contributed by atoms with E-state index in [1.54, 1.807) is 0 Å². The van der Waals surface area contributed by atoms with E-state index >= 15 is 0 Å². The van der Waals surface area contributed by atoms with Crippen LogP contribution in [0.4, 0.5) is 0 Å². The average molecular weight is 271 g/mol. The summed E-state index contributed by atoms with van der Waals surface area (Å²) in [5.74, 6) is 0. The van der Waals surface area contributed by atoms with Gasteiger partial charge in [-0.2, -0.15) is 0 Å². The molecule has 0 saturated carbocycles. The predicted octanol–water partition coefficient (Wildman–Crippen LogP) is 2.81. The molecule has 0 aliphatic carbocycles. The van der Waals surface area contributed by atoms with Crippen molar-refractivity contribution in [3.05, 3.63) is 0 Å². The molecule has 3 nitrogen and oxygen atoms in total. The van der Waals surface area contributed by atoms with Crippen LogP contribution in [0.1, 0.15) is 55.4 Å². The van der Waals surface area contributed by atoms with E-state index in [9.17, 15) is 0 Å². The standard InChI is InChI=1S/C16H37N3/c1-13(2)17-9-10-18(14(3)4)11-12-19(15(5)6)16(7)8/h13-17H,9-12H2,1-8H3. The van der Waals surface area contributed by atoms with Crippen LogP contribution in [0, 0.1) is 0 Å². The lowest BCUT2D eigenvalue weighted by atomic mass is 10.2. The normalized spacial score (nSPS) is 12.9. The first-order valence-electron chi connectivity index (χ1n) is 7.98. The largest absolute Gasteiger partial charge is 0.313 e. The Balaban J connectivity index is 4.19. The first-order chi connectivity index (χ1) is 8.75. The molecule has 0 aromatic rings. The molecule has 0 saturated heterocycles. The molecule has 0 aliphatic heterocycles. The molecule has 0 aliphatic rings. The molecule has 0 spiro atoms. The van der Waals surface area contributed by atoms with Crippen molar-refractivity contribution in [2.75, 3.05) is 26.2 Å². The van der Waals surface area contributed by atoms with Crippen LogP contribution in [0.25, 0.3) is 0 Å². The Labute approximate surface area is 121 Å². The minimum absolute atomic E-state index is 0.580. The van der Waals surface area contributed by atoms with Crippen LogP contribution >= 0.6 is 0 Å². The van der Waals surface area contributed by atoms with Gasteiger partial charge in [0.25, 0.3) is 0 Å². The quantitative estimate of drug-likeness (QED) is 0.659. The third kappa shape index (κ3) is 8.61. The van der Waals surface area contributed by atoms with Gasteiger partial charge in [-0.3, -0.25) is 9.80 Å². The molecule has 116 valence electrons. The van der Waals surface area contributed by atoms with E-state index in [2.05, 4.69) is 70.5 Å². The molecular weight excluding hydrogens is 234 g/mol. The first kappa shape index (κ1) is 18.9. The van der Waals surface area contributed by atoms with E-state index in [-0.39, 0.29) is 0 Å². The minimum Gasteiger partial charge on any atom is -0.313 e. The van der Waals surface area contributed by atoms with Crippen LogP contribution in [0.15, 0.2) is 0 Å². The maximum atomic E-state index is 3.51. The van der Waals surface area contributed by atoms with Crippen molar-refractivity contribution in [3.8, 4) is 0 Å². The second-order valence-electron chi connectivity index (χ2n) is 6.66. The Bertz CT molecular complexity index is 204. The van der Waals surface area contributed by atoms with Crippen molar-refractivity contribution in [1.82, 2.24) is 15.1 Å². The van der Waals surface area contributed by atoms with Gasteiger partial charge in [0.2, 0.25) is 0 Å². The molecule has 3 heteroatoms. The van der Waals surface area contributed by atoms with Gasteiger partial charge in [-0.05, 0) is 41.5 Å². The van der Waals surface area contributed by atoms with Crippen LogP contribution in [-0.2, 0) is 0 Å². The third-order valence-corrected chi connectivity index (χ3v) is 3.65. The molecule has 0 atom stereocenters. The topological polar surface area (TPSA) is 18.5 Å². The Morgan fingerprint density at radius 3 is 1.58 bits per heavy atom. The molecule has 0 bridgehead atoms. The summed E-state index contributed by atoms with van der Waals surface area (Å²) >= 11 is 0. The molecule has 0 amide bonds. The summed E-state index contributed by atoms with van der Waals surface area (Å²) in [5.41, 5.74) is 0. The zero-order chi connectivity index (χ0) is 15.0. The summed E-state index contributed by atoms with van der Waals surface area (Å²) in [7, 11) is 0. The van der Waals surface area contributed by atoms with E-state index in [1.807, 2.05) is 0 Å². The van der Waals surface area contributed by atoms with Gasteiger partial charge in [-0.1, -0.05) is 13.8 Å². The highest BCUT2D eigenvalue weighted by molar-refractivity contribution is 4.72. The van der Waals surface area contributed by atoms with E-state index < -0.39 is 0 Å². The van der Waals surface area contributed by atoms with Crippen molar-refractivity contribution in [2.45, 2.75) is 79.6 Å². The summed E-state index contributed by atoms with van der Waals surface area (Å²) < 4.78 is 0. The molecule has 0 rings (SSSR count). The Morgan fingerprint density at radius 2 is 1.21 bits per heavy atom. The van der Waals surface area contributed by atoms with Gasteiger partial charge in [0.1, 0.15) is 0 Å². The van der Waals surface area contributed by atoms with Crippen molar-refractivity contribution in [2.24, 2.45) is 0 Å². The van der Waals surface area contributed by atoms with Crippen LogP contribution in [0.2, 0.25) is 0 Å². The van der Waals surface area contributed by atoms with Gasteiger partial charge in [0.15, 0.2) is 0 Å². The van der Waals surface area contributed by atoms with Gasteiger partial charge in [0.05, 0.1) is 0 Å². The summed E-state index contributed by atoms with van der Waals surface area (Å²) in [6.07, 6.45) is 0. The third-order valence-electron chi connectivity index (χ3n) is 3.65. The number of nitrogens with zero attached hydrogens (tertiary/aromatic N) is 2. The van der Waals surface area contributed by atoms with Crippen LogP contribution in [0.3, 0.4) is 0 Å². The fourth-order valence-corrected chi connectivity index (χ4v) is 2.48. The van der Waals surface area contributed by atoms with E-state index in [0.717, 1.165) is 26.2 Å². The second-order valence-corrected chi connectivity index (χ2v) is 6.66. The summed E-state index contributed by atoms with van der Waals surface area (Å²) in [6, 6.07) is 2.46. The highest BCUT2D eigenvalue weighted by Gasteiger charge is 2.16. The Morgan fingerprint density at radius 1 is 0.684 bits per heavy atom. The van der Waals surface area contributed by atoms with Crippen molar-refractivity contribution >= 4 is 0 Å². The van der Waals surface area contributed by atoms with Gasteiger partial charge in [0, 0.05) is 50.3 Å². The zero-order valence-electron chi connectivity index (χ0n) is 14.5. The highest BCUT2D eigenvalue weighted by atomic mass is 15.2. The first-order valence-corrected chi connectivity index (χ1v) is 7.98. The Hall–Kier alpha value is -0.120. The minimum atomic E-state index is 0.580. The van der Waals surface area contributed by atoms with Gasteiger partial charge in [-0.25, -0.2) is 0 Å². The highest BCUT2D eigenvalue weighted by Crippen LogP contribution is 2.06. The van der Waals surface area contributed by atoms with E-state index in [0.29, 0.717) is 24.2 Å². The molecular formula is C16H37N3. The number of nitrogens with one attached hydrogen (secondary N) is 1. The predicted molar refractivity (Wildman–Crippen MR) is 86.8 cm³/mol. The van der Waals surface area contributed by atoms with E-state index in [1.165, 1.54) is 0 Å². The molecule has 0 fully saturated rings. The van der Waals surface area contributed by atoms with Gasteiger partial charge >= 0.3 is 0 Å². The number of rotatable bonds is 10. The summed E-state index contributed by atoms with van der Waals surface area (Å²) in [4.78, 5) is 5.15. The van der Waals surface area contributed by atoms with Crippen LogP contribution < -0.4 is 5.32 Å². The molecule has 0 aromatic heterocycles. The molecule has 1 N–H and O–H groups in total. The zero-order valence-corrected chi connectivity index (χ0v) is 14.5. The molecule has 0 aromatic carbocycles. The average Bonchev–Trinajstić information content (AvgIpc) is 2.25. The fraction of sp³-hybridized carbons (Fsp3) is 1.00. The maximum Gasteiger partial charge on any atom is 0.0115 e. The van der Waals surface area contributed by atoms with Crippen molar-refractivity contribution in [1.29, 1.82) is 0 Å². The summed E-state index contributed by atoms with van der Waals surface area (Å²) in [5, 5.41) is 3.51. The van der Waals surface area contributed by atoms with Crippen LogP contribution in [-0.4, -0.2) is 60.1 Å². The Kier molecular flexibility index (Phi) is 9.67. The van der Waals surface area contributed by atoms with Crippen LogP contribution in [0.5, 0.6) is 0 Å². The SMILES string of the molecule is CC(C)NCCN(CCN(C(C)C)C(C)C)C(C)C. The summed E-state index contributed by atoms with van der Waals surface area (Å²) in [6.45, 7) is 22.7. The lowest BCUT2D eigenvalue weighted by Crippen LogP contribution is -2.46. The molecule has 0 heterocycles. The lowest BCUT2D eigenvalue weighted by Gasteiger charge is -2.34. The van der Waals surface area contributed by atoms with E-state index in [4.69, 9.17) is 0 Å². The smallest absolute Gasteiger partial charge is 0.0115 e. The monoisotopic (exact) mass is 271 g/mol. The van der Waals surface area contributed by atoms with Crippen molar-refractivity contribution < 1.29 is 0 Å². The van der Waals surface area contributed by atoms with Gasteiger partial charge in [-0.15, -0.1) is 0 Å². The lowest BCUT2D eigenvalue weighted by molar-refractivity contribution is 0.129. The maximum absolute atomic E-state index is 3.51. The van der Waals surface area contributed by atoms with Gasteiger partial charge < -0.3 is 5.32 Å². The van der Waals surface area contributed by atoms with Crippen molar-refractivity contribution in [3.63, 3.8) is 0 Å². The molecule has 0 radical (unpaired) electrons. The fourth-order valence-electron chi connectivity index (χ4n) is 2.48. The molecule has 19 heavy (non-hydrogen) atoms. The molecule has 0 unspecified atom stereocenters. The number of hydrogen-bond acceptors (Lipinski definition) is 3.